The van der Waals surface area contributed by atoms with Crippen molar-refractivity contribution in [2.45, 2.75) is 6.92 Å². The summed E-state index contributed by atoms with van der Waals surface area (Å²) in [5.41, 5.74) is 1.48. The maximum atomic E-state index is 7.79. The van der Waals surface area contributed by atoms with E-state index < -0.39 is 0 Å². The molecular formula is C11H12N2. The van der Waals surface area contributed by atoms with E-state index in [0.717, 1.165) is 5.69 Å². The number of nitrogens with zero attached hydrogens (tertiary/aromatic N) is 2. The minimum absolute atomic E-state index is 0.560. The van der Waals surface area contributed by atoms with E-state index >= 15 is 0 Å². The normalized spacial score (nSPS) is 7.38. The van der Waals surface area contributed by atoms with E-state index in [1.54, 1.807) is 19.2 Å². The summed E-state index contributed by atoms with van der Waals surface area (Å²) < 4.78 is 0. The van der Waals surface area contributed by atoms with Gasteiger partial charge >= 0.3 is 0 Å². The van der Waals surface area contributed by atoms with Gasteiger partial charge in [0.15, 0.2) is 0 Å². The third kappa shape index (κ3) is 6.52. The third-order valence-electron chi connectivity index (χ3n) is 1.09. The van der Waals surface area contributed by atoms with E-state index in [1.807, 2.05) is 24.3 Å². The molecule has 0 radical (unpaired) electrons. The van der Waals surface area contributed by atoms with Crippen LogP contribution < -0.4 is 0 Å². The number of hydrogen-bond acceptors (Lipinski definition) is 2. The molecular weight excluding hydrogens is 160 g/mol. The van der Waals surface area contributed by atoms with Crippen LogP contribution in [0.2, 0.25) is 0 Å². The first-order chi connectivity index (χ1) is 6.20. The molecule has 0 aliphatic rings. The average molecular weight is 172 g/mol. The van der Waals surface area contributed by atoms with Gasteiger partial charge in [0.05, 0.1) is 11.8 Å². The van der Waals surface area contributed by atoms with E-state index in [0.29, 0.717) is 5.57 Å². The van der Waals surface area contributed by atoms with Crippen LogP contribution in [0.25, 0.3) is 6.08 Å². The number of pyridine rings is 1. The summed E-state index contributed by atoms with van der Waals surface area (Å²) in [5, 5.41) is 7.79. The summed E-state index contributed by atoms with van der Waals surface area (Å²) in [6.45, 7) is 8.55. The van der Waals surface area contributed by atoms with E-state index in [4.69, 9.17) is 5.26 Å². The summed E-state index contributed by atoms with van der Waals surface area (Å²) in [6, 6.07) is 7.56. The van der Waals surface area contributed by atoms with Gasteiger partial charge < -0.3 is 0 Å². The maximum Gasteiger partial charge on any atom is 0.0937 e. The van der Waals surface area contributed by atoms with Gasteiger partial charge in [0, 0.05) is 11.8 Å². The Labute approximate surface area is 78.9 Å². The molecule has 2 heteroatoms. The molecule has 0 atom stereocenters. The molecule has 0 amide bonds. The minimum Gasteiger partial charge on any atom is -0.257 e. The molecule has 0 N–H and O–H groups in total. The fourth-order valence-corrected chi connectivity index (χ4v) is 0.497. The van der Waals surface area contributed by atoms with Crippen LogP contribution in [0.15, 0.2) is 43.1 Å². The fourth-order valence-electron chi connectivity index (χ4n) is 0.497. The number of nitriles is 1. The molecule has 0 spiro atoms. The van der Waals surface area contributed by atoms with Crippen LogP contribution in [0.4, 0.5) is 0 Å². The van der Waals surface area contributed by atoms with E-state index in [9.17, 15) is 0 Å². The zero-order valence-corrected chi connectivity index (χ0v) is 7.70. The van der Waals surface area contributed by atoms with Crippen molar-refractivity contribution in [1.29, 1.82) is 5.26 Å². The van der Waals surface area contributed by atoms with Crippen molar-refractivity contribution in [2.75, 3.05) is 0 Å². The van der Waals surface area contributed by atoms with Crippen molar-refractivity contribution in [2.24, 2.45) is 0 Å². The van der Waals surface area contributed by atoms with Crippen molar-refractivity contribution >= 4 is 6.08 Å². The SMILES string of the molecule is C=C(C)C#N.C=Cc1ccccn1. The summed E-state index contributed by atoms with van der Waals surface area (Å²) in [7, 11) is 0. The predicted molar refractivity (Wildman–Crippen MR) is 54.8 cm³/mol. The molecule has 0 saturated heterocycles. The lowest BCUT2D eigenvalue weighted by molar-refractivity contribution is 1.30. The molecule has 13 heavy (non-hydrogen) atoms. The highest BCUT2D eigenvalue weighted by molar-refractivity contribution is 5.40. The molecule has 0 unspecified atom stereocenters. The molecule has 2 nitrogen and oxygen atoms in total. The van der Waals surface area contributed by atoms with Gasteiger partial charge in [0.25, 0.3) is 0 Å². The lowest BCUT2D eigenvalue weighted by Crippen LogP contribution is -1.73. The first kappa shape index (κ1) is 11.1. The number of aromatic nitrogens is 1. The summed E-state index contributed by atoms with van der Waals surface area (Å²) >= 11 is 0. The smallest absolute Gasteiger partial charge is 0.0937 e. The molecule has 66 valence electrons. The van der Waals surface area contributed by atoms with Crippen molar-refractivity contribution in [3.63, 3.8) is 0 Å². The Kier molecular flexibility index (Phi) is 5.82. The average Bonchev–Trinajstić information content (AvgIpc) is 2.20. The molecule has 1 aromatic rings. The Morgan fingerprint density at radius 3 is 2.46 bits per heavy atom. The Hall–Kier alpha value is -1.88. The Morgan fingerprint density at radius 1 is 1.62 bits per heavy atom. The van der Waals surface area contributed by atoms with Gasteiger partial charge in [-0.1, -0.05) is 19.2 Å². The third-order valence-corrected chi connectivity index (χ3v) is 1.09. The van der Waals surface area contributed by atoms with Crippen molar-refractivity contribution in [1.82, 2.24) is 4.98 Å². The molecule has 1 rings (SSSR count). The van der Waals surface area contributed by atoms with E-state index in [-0.39, 0.29) is 0 Å². The quantitative estimate of drug-likeness (QED) is 0.611. The van der Waals surface area contributed by atoms with Gasteiger partial charge in [-0.2, -0.15) is 5.26 Å². The predicted octanol–water partition coefficient (Wildman–Crippen LogP) is 2.81. The maximum absolute atomic E-state index is 7.79. The fraction of sp³-hybridized carbons (Fsp3) is 0.0909. The zero-order valence-electron chi connectivity index (χ0n) is 7.70. The van der Waals surface area contributed by atoms with Crippen LogP contribution in [-0.4, -0.2) is 4.98 Å². The Bertz CT molecular complexity index is 307. The van der Waals surface area contributed by atoms with Crippen LogP contribution in [-0.2, 0) is 0 Å². The van der Waals surface area contributed by atoms with Crippen molar-refractivity contribution in [3.05, 3.63) is 48.8 Å². The van der Waals surface area contributed by atoms with Crippen LogP contribution in [0.5, 0.6) is 0 Å². The molecule has 0 saturated carbocycles. The summed E-state index contributed by atoms with van der Waals surface area (Å²) in [4.78, 5) is 3.98. The molecule has 1 heterocycles. The highest BCUT2D eigenvalue weighted by Crippen LogP contribution is 1.91. The topological polar surface area (TPSA) is 36.7 Å². The zero-order chi connectivity index (χ0) is 10.1. The first-order valence-corrected chi connectivity index (χ1v) is 3.79. The number of hydrogen-bond donors (Lipinski definition) is 0. The van der Waals surface area contributed by atoms with Crippen molar-refractivity contribution in [3.8, 4) is 6.07 Å². The lowest BCUT2D eigenvalue weighted by Gasteiger charge is -1.84. The second-order valence-corrected chi connectivity index (χ2v) is 2.35. The Balaban J connectivity index is 0.000000252. The standard InChI is InChI=1S/C7H7N.C4H5N/c1-2-7-5-3-4-6-8-7;1-4(2)3-5/h2-6H,1H2;1H2,2H3. The summed E-state index contributed by atoms with van der Waals surface area (Å²) in [6.07, 6.45) is 3.47. The van der Waals surface area contributed by atoms with Gasteiger partial charge in [-0.3, -0.25) is 4.98 Å². The minimum atomic E-state index is 0.560. The van der Waals surface area contributed by atoms with Gasteiger partial charge in [0.2, 0.25) is 0 Å². The van der Waals surface area contributed by atoms with Crippen LogP contribution in [0.3, 0.4) is 0 Å². The van der Waals surface area contributed by atoms with E-state index in [1.165, 1.54) is 0 Å². The second-order valence-electron chi connectivity index (χ2n) is 2.35. The monoisotopic (exact) mass is 172 g/mol. The first-order valence-electron chi connectivity index (χ1n) is 3.79. The van der Waals surface area contributed by atoms with Crippen LogP contribution in [0, 0.1) is 11.3 Å². The highest BCUT2D eigenvalue weighted by atomic mass is 14.6. The molecule has 0 aromatic carbocycles. The Morgan fingerprint density at radius 2 is 2.23 bits per heavy atom. The van der Waals surface area contributed by atoms with Gasteiger partial charge in [-0.05, 0) is 25.1 Å². The highest BCUT2D eigenvalue weighted by Gasteiger charge is 1.77. The van der Waals surface area contributed by atoms with Gasteiger partial charge in [-0.25, -0.2) is 0 Å². The van der Waals surface area contributed by atoms with Crippen molar-refractivity contribution < 1.29 is 0 Å². The van der Waals surface area contributed by atoms with E-state index in [2.05, 4.69) is 18.1 Å². The summed E-state index contributed by atoms with van der Waals surface area (Å²) in [5.74, 6) is 0. The molecule has 0 aliphatic carbocycles. The number of allylic oxidation sites excluding steroid dienone is 1. The van der Waals surface area contributed by atoms with Crippen LogP contribution >= 0.6 is 0 Å². The lowest BCUT2D eigenvalue weighted by atomic mass is 10.4. The second kappa shape index (κ2) is 6.81. The van der Waals surface area contributed by atoms with Gasteiger partial charge in [0.1, 0.15) is 0 Å². The molecule has 0 fully saturated rings. The molecule has 0 aliphatic heterocycles. The number of rotatable bonds is 1. The largest absolute Gasteiger partial charge is 0.257 e. The molecule has 0 bridgehead atoms. The van der Waals surface area contributed by atoms with Crippen LogP contribution in [0.1, 0.15) is 12.6 Å². The molecule has 1 aromatic heterocycles. The van der Waals surface area contributed by atoms with Gasteiger partial charge in [-0.15, -0.1) is 0 Å².